The molecule has 0 aliphatic carbocycles. The Kier molecular flexibility index (Phi) is 3.74. The van der Waals surface area contributed by atoms with Gasteiger partial charge in [-0.25, -0.2) is 0 Å². The average molecular weight is 259 g/mol. The summed E-state index contributed by atoms with van der Waals surface area (Å²) in [4.78, 5) is 22.8. The fourth-order valence-electron chi connectivity index (χ4n) is 2.36. The zero-order valence-corrected chi connectivity index (χ0v) is 11.8. The highest BCUT2D eigenvalue weighted by Gasteiger charge is 2.26. The van der Waals surface area contributed by atoms with Crippen LogP contribution in [0, 0.1) is 5.92 Å². The molecule has 1 saturated heterocycles. The number of rotatable bonds is 2. The smallest absolute Gasteiger partial charge is 0.230 e. The van der Waals surface area contributed by atoms with Crippen molar-refractivity contribution >= 4 is 11.8 Å². The number of imide groups is 1. The lowest BCUT2D eigenvalue weighted by atomic mass is 9.85. The molecular formula is C16H21NO2. The highest BCUT2D eigenvalue weighted by molar-refractivity contribution is 5.98. The van der Waals surface area contributed by atoms with Gasteiger partial charge in [-0.1, -0.05) is 45.0 Å². The van der Waals surface area contributed by atoms with Gasteiger partial charge in [0.2, 0.25) is 11.8 Å². The van der Waals surface area contributed by atoms with Crippen molar-refractivity contribution in [1.82, 2.24) is 5.32 Å². The van der Waals surface area contributed by atoms with Gasteiger partial charge in [0.1, 0.15) is 0 Å². The molecule has 1 aromatic carbocycles. The van der Waals surface area contributed by atoms with Crippen molar-refractivity contribution < 1.29 is 9.59 Å². The summed E-state index contributed by atoms with van der Waals surface area (Å²) in [6.45, 7) is 6.55. The van der Waals surface area contributed by atoms with Crippen LogP contribution in [0.15, 0.2) is 24.3 Å². The second kappa shape index (κ2) is 5.16. The Morgan fingerprint density at radius 1 is 1.16 bits per heavy atom. The van der Waals surface area contributed by atoms with E-state index in [1.54, 1.807) is 0 Å². The van der Waals surface area contributed by atoms with Crippen LogP contribution >= 0.6 is 0 Å². The van der Waals surface area contributed by atoms with Gasteiger partial charge in [-0.15, -0.1) is 0 Å². The third-order valence-corrected chi connectivity index (χ3v) is 3.66. The van der Waals surface area contributed by atoms with Gasteiger partial charge in [0.25, 0.3) is 0 Å². The van der Waals surface area contributed by atoms with Crippen molar-refractivity contribution in [2.75, 3.05) is 0 Å². The number of carbonyl (C=O) groups excluding carboxylic acids is 2. The summed E-state index contributed by atoms with van der Waals surface area (Å²) in [6.07, 6.45) is 1.83. The van der Waals surface area contributed by atoms with E-state index in [1.165, 1.54) is 5.56 Å². The maximum atomic E-state index is 11.7. The molecule has 1 heterocycles. The Morgan fingerprint density at radius 2 is 1.79 bits per heavy atom. The zero-order chi connectivity index (χ0) is 14.0. The number of carbonyl (C=O) groups is 2. The molecular weight excluding hydrogens is 238 g/mol. The largest absolute Gasteiger partial charge is 0.296 e. The molecule has 2 amide bonds. The summed E-state index contributed by atoms with van der Waals surface area (Å²) in [5, 5.41) is 2.41. The lowest BCUT2D eigenvalue weighted by molar-refractivity contribution is -0.136. The summed E-state index contributed by atoms with van der Waals surface area (Å²) in [6, 6.07) is 8.43. The van der Waals surface area contributed by atoms with E-state index < -0.39 is 0 Å². The van der Waals surface area contributed by atoms with Crippen LogP contribution in [0.4, 0.5) is 0 Å². The molecule has 3 nitrogen and oxygen atoms in total. The van der Waals surface area contributed by atoms with Crippen molar-refractivity contribution in [1.29, 1.82) is 0 Å². The van der Waals surface area contributed by atoms with Crippen molar-refractivity contribution in [2.45, 2.75) is 45.4 Å². The van der Waals surface area contributed by atoms with Crippen molar-refractivity contribution in [3.05, 3.63) is 35.4 Å². The van der Waals surface area contributed by atoms with Gasteiger partial charge in [-0.05, 0) is 29.4 Å². The minimum atomic E-state index is -0.149. The molecule has 1 unspecified atom stereocenters. The molecule has 1 aliphatic heterocycles. The zero-order valence-electron chi connectivity index (χ0n) is 11.8. The molecule has 3 heteroatoms. The topological polar surface area (TPSA) is 46.2 Å². The summed E-state index contributed by atoms with van der Waals surface area (Å²) in [7, 11) is 0. The third kappa shape index (κ3) is 3.43. The Bertz CT molecular complexity index is 482. The number of benzene rings is 1. The molecule has 1 aromatic rings. The highest BCUT2D eigenvalue weighted by atomic mass is 16.2. The average Bonchev–Trinajstić information content (AvgIpc) is 2.32. The summed E-state index contributed by atoms with van der Waals surface area (Å²) in [5.41, 5.74) is 2.59. The number of hydrogen-bond acceptors (Lipinski definition) is 2. The van der Waals surface area contributed by atoms with Gasteiger partial charge in [0.15, 0.2) is 0 Å². The maximum Gasteiger partial charge on any atom is 0.230 e. The monoisotopic (exact) mass is 259 g/mol. The third-order valence-electron chi connectivity index (χ3n) is 3.66. The van der Waals surface area contributed by atoms with Crippen LogP contribution in [-0.4, -0.2) is 11.8 Å². The molecule has 1 fully saturated rings. The predicted octanol–water partition coefficient (Wildman–Crippen LogP) is 2.58. The molecule has 2 rings (SSSR count). The van der Waals surface area contributed by atoms with Gasteiger partial charge in [0, 0.05) is 12.3 Å². The van der Waals surface area contributed by atoms with E-state index in [-0.39, 0.29) is 23.1 Å². The van der Waals surface area contributed by atoms with E-state index in [1.807, 2.05) is 0 Å². The normalized spacial score (nSPS) is 20.3. The Hall–Kier alpha value is -1.64. The molecule has 0 radical (unpaired) electrons. The lowest BCUT2D eigenvalue weighted by Gasteiger charge is -2.22. The molecule has 0 bridgehead atoms. The van der Waals surface area contributed by atoms with E-state index >= 15 is 0 Å². The summed E-state index contributed by atoms with van der Waals surface area (Å²) >= 11 is 0. The molecule has 0 spiro atoms. The second-order valence-electron chi connectivity index (χ2n) is 6.30. The summed E-state index contributed by atoms with van der Waals surface area (Å²) < 4.78 is 0. The second-order valence-corrected chi connectivity index (χ2v) is 6.30. The minimum Gasteiger partial charge on any atom is -0.296 e. The van der Waals surface area contributed by atoms with Crippen LogP contribution in [0.25, 0.3) is 0 Å². The van der Waals surface area contributed by atoms with Crippen molar-refractivity contribution in [3.8, 4) is 0 Å². The van der Waals surface area contributed by atoms with E-state index in [0.29, 0.717) is 19.3 Å². The molecule has 1 N–H and O–H groups in total. The molecule has 0 aromatic heterocycles. The van der Waals surface area contributed by atoms with E-state index in [2.05, 4.69) is 50.4 Å². The predicted molar refractivity (Wildman–Crippen MR) is 74.7 cm³/mol. The van der Waals surface area contributed by atoms with Gasteiger partial charge in [-0.2, -0.15) is 0 Å². The number of amides is 2. The lowest BCUT2D eigenvalue weighted by Crippen LogP contribution is -2.41. The van der Waals surface area contributed by atoms with Gasteiger partial charge in [-0.3, -0.25) is 14.9 Å². The number of hydrogen-bond donors (Lipinski definition) is 1. The SMILES string of the molecule is CC(C)(C)c1ccc(CC2CCC(=O)NC2=O)cc1. The van der Waals surface area contributed by atoms with Gasteiger partial charge in [0.05, 0.1) is 0 Å². The van der Waals surface area contributed by atoms with E-state index in [4.69, 9.17) is 0 Å². The molecule has 19 heavy (non-hydrogen) atoms. The van der Waals surface area contributed by atoms with Crippen LogP contribution in [0.1, 0.15) is 44.7 Å². The molecule has 102 valence electrons. The first-order valence-electron chi connectivity index (χ1n) is 6.79. The van der Waals surface area contributed by atoms with Crippen LogP contribution in [0.2, 0.25) is 0 Å². The summed E-state index contributed by atoms with van der Waals surface area (Å²) in [5.74, 6) is -0.348. The van der Waals surface area contributed by atoms with Gasteiger partial charge >= 0.3 is 0 Å². The quantitative estimate of drug-likeness (QED) is 0.830. The number of piperidine rings is 1. The van der Waals surface area contributed by atoms with Crippen molar-refractivity contribution in [3.63, 3.8) is 0 Å². The van der Waals surface area contributed by atoms with E-state index in [9.17, 15) is 9.59 Å². The van der Waals surface area contributed by atoms with Crippen molar-refractivity contribution in [2.24, 2.45) is 5.92 Å². The first-order chi connectivity index (χ1) is 8.86. The molecule has 1 atom stereocenters. The Labute approximate surface area is 114 Å². The number of nitrogens with one attached hydrogen (secondary N) is 1. The minimum absolute atomic E-state index is 0.0711. The first kappa shape index (κ1) is 13.8. The van der Waals surface area contributed by atoms with Crippen LogP contribution in [0.5, 0.6) is 0 Å². The Morgan fingerprint density at radius 3 is 2.32 bits per heavy atom. The van der Waals surface area contributed by atoms with Crippen LogP contribution in [0.3, 0.4) is 0 Å². The fraction of sp³-hybridized carbons (Fsp3) is 0.500. The highest BCUT2D eigenvalue weighted by Crippen LogP contribution is 2.24. The Balaban J connectivity index is 2.04. The van der Waals surface area contributed by atoms with Crippen LogP contribution in [-0.2, 0) is 21.4 Å². The van der Waals surface area contributed by atoms with Gasteiger partial charge < -0.3 is 0 Å². The van der Waals surface area contributed by atoms with Crippen LogP contribution < -0.4 is 5.32 Å². The maximum absolute atomic E-state index is 11.7. The standard InChI is InChI=1S/C16H21NO2/c1-16(2,3)13-7-4-11(5-8-13)10-12-6-9-14(18)17-15(12)19/h4-5,7-8,12H,6,9-10H2,1-3H3,(H,17,18,19). The molecule has 0 saturated carbocycles. The first-order valence-corrected chi connectivity index (χ1v) is 6.79. The van der Waals surface area contributed by atoms with E-state index in [0.717, 1.165) is 5.56 Å². The fourth-order valence-corrected chi connectivity index (χ4v) is 2.36. The molecule has 1 aliphatic rings.